The van der Waals surface area contributed by atoms with Gasteiger partial charge in [0.15, 0.2) is 0 Å². The maximum atomic E-state index is 12.4. The van der Waals surface area contributed by atoms with Crippen LogP contribution in [0.5, 0.6) is 0 Å². The number of carbonyl (C=O) groups excluding carboxylic acids is 1. The van der Waals surface area contributed by atoms with Crippen LogP contribution in [-0.4, -0.2) is 49.4 Å². The fourth-order valence-electron chi connectivity index (χ4n) is 2.66. The highest BCUT2D eigenvalue weighted by molar-refractivity contribution is 7.88. The number of hydrogen-bond acceptors (Lipinski definition) is 3. The number of carbonyl (C=O) groups is 1. The fraction of sp³-hybridized carbons (Fsp3) is 0.562. The molecule has 0 saturated carbocycles. The van der Waals surface area contributed by atoms with Crippen LogP contribution >= 0.6 is 0 Å². The zero-order valence-corrected chi connectivity index (χ0v) is 14.1. The largest absolute Gasteiger partial charge is 0.337 e. The van der Waals surface area contributed by atoms with Crippen LogP contribution in [0.3, 0.4) is 0 Å². The summed E-state index contributed by atoms with van der Waals surface area (Å²) in [5, 5.41) is 0. The van der Waals surface area contributed by atoms with Crippen LogP contribution in [0.4, 0.5) is 0 Å². The van der Waals surface area contributed by atoms with Gasteiger partial charge in [-0.15, -0.1) is 0 Å². The molecule has 122 valence electrons. The highest BCUT2D eigenvalue weighted by Gasteiger charge is 2.25. The zero-order valence-electron chi connectivity index (χ0n) is 13.3. The molecular weight excluding hydrogens is 300 g/mol. The summed E-state index contributed by atoms with van der Waals surface area (Å²) in [6.45, 7) is 3.58. The molecule has 0 atom stereocenters. The first kappa shape index (κ1) is 17.0. The van der Waals surface area contributed by atoms with Crippen molar-refractivity contribution in [2.75, 3.05) is 25.9 Å². The van der Waals surface area contributed by atoms with Crippen LogP contribution < -0.4 is 0 Å². The Morgan fingerprint density at radius 2 is 1.95 bits per heavy atom. The molecule has 1 aliphatic heterocycles. The lowest BCUT2D eigenvalue weighted by molar-refractivity contribution is -0.132. The third-order valence-corrected chi connectivity index (χ3v) is 5.27. The fourth-order valence-corrected chi connectivity index (χ4v) is 3.46. The Bertz CT molecular complexity index is 628. The molecule has 0 radical (unpaired) electrons. The van der Waals surface area contributed by atoms with Crippen LogP contribution in [0.2, 0.25) is 0 Å². The minimum absolute atomic E-state index is 0.0546. The van der Waals surface area contributed by atoms with Gasteiger partial charge in [-0.2, -0.15) is 4.31 Å². The monoisotopic (exact) mass is 324 g/mol. The summed E-state index contributed by atoms with van der Waals surface area (Å²) in [7, 11) is -3.35. The van der Waals surface area contributed by atoms with Crippen LogP contribution in [0.25, 0.3) is 0 Å². The highest BCUT2D eigenvalue weighted by atomic mass is 32.2. The lowest BCUT2D eigenvalue weighted by Crippen LogP contribution is -2.44. The van der Waals surface area contributed by atoms with Gasteiger partial charge in [-0.1, -0.05) is 37.6 Å². The van der Waals surface area contributed by atoms with E-state index in [-0.39, 0.29) is 12.5 Å². The molecule has 0 unspecified atom stereocenters. The number of benzene rings is 1. The van der Waals surface area contributed by atoms with Crippen molar-refractivity contribution >= 4 is 15.9 Å². The first-order valence-electron chi connectivity index (χ1n) is 7.71. The number of amides is 1. The standard InChI is InChI=1S/C16H24N2O3S/c1-3-4-10-18(22(2,20)21)13-16(19)17-11-9-14-7-5-6-8-15(14)12-17/h5-8H,3-4,9-13H2,1-2H3. The first-order chi connectivity index (χ1) is 10.4. The van der Waals surface area contributed by atoms with Crippen molar-refractivity contribution in [3.8, 4) is 0 Å². The zero-order chi connectivity index (χ0) is 16.2. The molecule has 0 spiro atoms. The molecule has 1 heterocycles. The number of fused-ring (bicyclic) bond motifs is 1. The Balaban J connectivity index is 2.02. The van der Waals surface area contributed by atoms with E-state index in [0.717, 1.165) is 24.8 Å². The Hall–Kier alpha value is -1.40. The molecule has 0 saturated heterocycles. The highest BCUT2D eigenvalue weighted by Crippen LogP contribution is 2.18. The Morgan fingerprint density at radius 3 is 2.59 bits per heavy atom. The summed E-state index contributed by atoms with van der Waals surface area (Å²) < 4.78 is 24.9. The van der Waals surface area contributed by atoms with Crippen molar-refractivity contribution in [1.82, 2.24) is 9.21 Å². The third-order valence-electron chi connectivity index (χ3n) is 4.03. The molecule has 1 amide bonds. The molecule has 1 aromatic rings. The van der Waals surface area contributed by atoms with Gasteiger partial charge in [0.1, 0.15) is 0 Å². The van der Waals surface area contributed by atoms with E-state index >= 15 is 0 Å². The maximum absolute atomic E-state index is 12.4. The van der Waals surface area contributed by atoms with Gasteiger partial charge in [0, 0.05) is 19.6 Å². The lowest BCUT2D eigenvalue weighted by Gasteiger charge is -2.30. The van der Waals surface area contributed by atoms with Gasteiger partial charge in [-0.3, -0.25) is 4.79 Å². The Kier molecular flexibility index (Phi) is 5.58. The number of rotatable bonds is 6. The average Bonchev–Trinajstić information content (AvgIpc) is 2.49. The van der Waals surface area contributed by atoms with Gasteiger partial charge < -0.3 is 4.90 Å². The summed E-state index contributed by atoms with van der Waals surface area (Å²) in [6, 6.07) is 8.09. The first-order valence-corrected chi connectivity index (χ1v) is 9.56. The molecule has 0 N–H and O–H groups in total. The molecule has 2 rings (SSSR count). The van der Waals surface area contributed by atoms with Crippen LogP contribution in [0.15, 0.2) is 24.3 Å². The number of hydrogen-bond donors (Lipinski definition) is 0. The SMILES string of the molecule is CCCCN(CC(=O)N1CCc2ccccc2C1)S(C)(=O)=O. The van der Waals surface area contributed by atoms with Gasteiger partial charge in [0.2, 0.25) is 15.9 Å². The van der Waals surface area contributed by atoms with Gasteiger partial charge in [0.05, 0.1) is 12.8 Å². The van der Waals surface area contributed by atoms with E-state index in [0.29, 0.717) is 19.6 Å². The summed E-state index contributed by atoms with van der Waals surface area (Å²) in [5.74, 6) is -0.115. The van der Waals surface area contributed by atoms with Gasteiger partial charge >= 0.3 is 0 Å². The Morgan fingerprint density at radius 1 is 1.27 bits per heavy atom. The van der Waals surface area contributed by atoms with Crippen molar-refractivity contribution < 1.29 is 13.2 Å². The minimum Gasteiger partial charge on any atom is -0.337 e. The number of unbranched alkanes of at least 4 members (excludes halogenated alkanes) is 1. The normalized spacial score (nSPS) is 15.0. The van der Waals surface area contributed by atoms with E-state index in [9.17, 15) is 13.2 Å². The summed E-state index contributed by atoms with van der Waals surface area (Å²) in [4.78, 5) is 14.2. The topological polar surface area (TPSA) is 57.7 Å². The van der Waals surface area contributed by atoms with E-state index in [1.54, 1.807) is 4.90 Å². The summed E-state index contributed by atoms with van der Waals surface area (Å²) in [6.07, 6.45) is 3.66. The van der Waals surface area contributed by atoms with Crippen LogP contribution in [0, 0.1) is 0 Å². The van der Waals surface area contributed by atoms with Crippen LogP contribution in [0.1, 0.15) is 30.9 Å². The van der Waals surface area contributed by atoms with Crippen molar-refractivity contribution in [3.05, 3.63) is 35.4 Å². The summed E-state index contributed by atoms with van der Waals surface area (Å²) >= 11 is 0. The van der Waals surface area contributed by atoms with E-state index < -0.39 is 10.0 Å². The molecular formula is C16H24N2O3S. The van der Waals surface area contributed by atoms with E-state index in [1.807, 2.05) is 25.1 Å². The van der Waals surface area contributed by atoms with E-state index in [1.165, 1.54) is 16.1 Å². The van der Waals surface area contributed by atoms with Crippen LogP contribution in [-0.2, 0) is 27.8 Å². The molecule has 5 nitrogen and oxygen atoms in total. The number of sulfonamides is 1. The molecule has 0 fully saturated rings. The Labute approximate surface area is 133 Å². The van der Waals surface area contributed by atoms with Crippen molar-refractivity contribution in [1.29, 1.82) is 0 Å². The lowest BCUT2D eigenvalue weighted by atomic mass is 10.00. The predicted molar refractivity (Wildman–Crippen MR) is 86.9 cm³/mol. The van der Waals surface area contributed by atoms with Crippen molar-refractivity contribution in [2.45, 2.75) is 32.7 Å². The van der Waals surface area contributed by atoms with Crippen molar-refractivity contribution in [2.24, 2.45) is 0 Å². The van der Waals surface area contributed by atoms with Gasteiger partial charge in [-0.25, -0.2) is 8.42 Å². The second-order valence-corrected chi connectivity index (χ2v) is 7.77. The van der Waals surface area contributed by atoms with E-state index in [4.69, 9.17) is 0 Å². The molecule has 0 aromatic heterocycles. The molecule has 6 heteroatoms. The van der Waals surface area contributed by atoms with Gasteiger partial charge in [-0.05, 0) is 24.0 Å². The second kappa shape index (κ2) is 7.24. The third kappa shape index (κ3) is 4.30. The van der Waals surface area contributed by atoms with Crippen molar-refractivity contribution in [3.63, 3.8) is 0 Å². The molecule has 1 aliphatic rings. The van der Waals surface area contributed by atoms with E-state index in [2.05, 4.69) is 6.07 Å². The minimum atomic E-state index is -3.35. The maximum Gasteiger partial charge on any atom is 0.238 e. The molecule has 0 bridgehead atoms. The molecule has 22 heavy (non-hydrogen) atoms. The average molecular weight is 324 g/mol. The molecule has 0 aliphatic carbocycles. The smallest absolute Gasteiger partial charge is 0.238 e. The quantitative estimate of drug-likeness (QED) is 0.799. The number of nitrogens with zero attached hydrogens (tertiary/aromatic N) is 2. The molecule has 1 aromatic carbocycles. The summed E-state index contributed by atoms with van der Waals surface area (Å²) in [5.41, 5.74) is 2.43. The van der Waals surface area contributed by atoms with Gasteiger partial charge in [0.25, 0.3) is 0 Å². The second-order valence-electron chi connectivity index (χ2n) is 5.78. The predicted octanol–water partition coefficient (Wildman–Crippen LogP) is 1.63.